The van der Waals surface area contributed by atoms with E-state index in [0.717, 1.165) is 17.1 Å². The van der Waals surface area contributed by atoms with E-state index in [1.807, 2.05) is 22.7 Å². The lowest BCUT2D eigenvalue weighted by atomic mass is 10.0. The van der Waals surface area contributed by atoms with Crippen molar-refractivity contribution in [3.8, 4) is 16.8 Å². The third kappa shape index (κ3) is 4.31. The highest BCUT2D eigenvalue weighted by molar-refractivity contribution is 7.36. The maximum atomic E-state index is 2.41. The highest BCUT2D eigenvalue weighted by Crippen LogP contribution is 2.47. The Bertz CT molecular complexity index is 2770. The van der Waals surface area contributed by atoms with E-state index in [-0.39, 0.29) is 0 Å². The molecular weight excluding hydrogens is 621 g/mol. The standard InChI is InChI=1S/C44H28N2S2/c1-3-11-29(12-4-1)30-19-21-32(22-20-30)45(34-23-25-37-42(28-34)48-43-36-16-8-10-18-41(36)47-44(37)43)33-24-26-40-38(27-33)35-15-7-9-17-39(35)46(40)31-13-5-2-6-14-31/h1-28H. The molecule has 0 amide bonds. The predicted molar refractivity (Wildman–Crippen MR) is 209 cm³/mol. The first-order valence-corrected chi connectivity index (χ1v) is 17.8. The Kier molecular flexibility index (Phi) is 6.26. The molecule has 10 aromatic rings. The average Bonchev–Trinajstić information content (AvgIpc) is 3.80. The monoisotopic (exact) mass is 648 g/mol. The number of fused-ring (bicyclic) bond motifs is 8. The van der Waals surface area contributed by atoms with Crippen molar-refractivity contribution in [2.24, 2.45) is 0 Å². The van der Waals surface area contributed by atoms with Gasteiger partial charge in [-0.2, -0.15) is 0 Å². The van der Waals surface area contributed by atoms with Crippen LogP contribution >= 0.6 is 22.7 Å². The molecule has 2 nitrogen and oxygen atoms in total. The Balaban J connectivity index is 1.18. The van der Waals surface area contributed by atoms with Crippen molar-refractivity contribution < 1.29 is 0 Å². The third-order valence-corrected chi connectivity index (χ3v) is 11.9. The molecule has 10 rings (SSSR count). The van der Waals surface area contributed by atoms with Crippen LogP contribution in [-0.2, 0) is 0 Å². The summed E-state index contributed by atoms with van der Waals surface area (Å²) in [5.74, 6) is 0. The van der Waals surface area contributed by atoms with Crippen LogP contribution in [0.3, 0.4) is 0 Å². The van der Waals surface area contributed by atoms with Crippen molar-refractivity contribution in [2.45, 2.75) is 0 Å². The van der Waals surface area contributed by atoms with Crippen LogP contribution in [0.15, 0.2) is 170 Å². The normalized spacial score (nSPS) is 11.8. The van der Waals surface area contributed by atoms with E-state index in [2.05, 4.69) is 179 Å². The summed E-state index contributed by atoms with van der Waals surface area (Å²) in [6.45, 7) is 0. The maximum absolute atomic E-state index is 2.41. The van der Waals surface area contributed by atoms with Gasteiger partial charge < -0.3 is 9.47 Å². The number of anilines is 3. The summed E-state index contributed by atoms with van der Waals surface area (Å²) in [5, 5.41) is 5.18. The Morgan fingerprint density at radius 1 is 0.375 bits per heavy atom. The fourth-order valence-corrected chi connectivity index (χ4v) is 9.86. The van der Waals surface area contributed by atoms with Crippen LogP contribution in [-0.4, -0.2) is 4.57 Å². The van der Waals surface area contributed by atoms with E-state index in [4.69, 9.17) is 0 Å². The first-order valence-electron chi connectivity index (χ1n) is 16.2. The molecule has 0 saturated heterocycles. The number of hydrogen-bond acceptors (Lipinski definition) is 3. The summed E-state index contributed by atoms with van der Waals surface area (Å²) in [5.41, 5.74) is 9.42. The summed E-state index contributed by atoms with van der Waals surface area (Å²) in [4.78, 5) is 2.41. The third-order valence-electron chi connectivity index (χ3n) is 9.39. The second-order valence-corrected chi connectivity index (χ2v) is 14.3. The highest BCUT2D eigenvalue weighted by Gasteiger charge is 2.19. The molecule has 0 radical (unpaired) electrons. The van der Waals surface area contributed by atoms with Crippen molar-refractivity contribution in [2.75, 3.05) is 4.90 Å². The molecule has 0 aliphatic rings. The zero-order chi connectivity index (χ0) is 31.6. The molecule has 7 aromatic carbocycles. The SMILES string of the molecule is c1ccc(-c2ccc(N(c3ccc4c(c3)sc3c5ccccc5sc43)c3ccc4c(c3)c3ccccc3n4-c3ccccc3)cc2)cc1. The molecule has 0 bridgehead atoms. The number of rotatable bonds is 5. The number of aromatic nitrogens is 1. The van der Waals surface area contributed by atoms with Gasteiger partial charge in [-0.1, -0.05) is 103 Å². The van der Waals surface area contributed by atoms with Gasteiger partial charge >= 0.3 is 0 Å². The topological polar surface area (TPSA) is 8.17 Å². The predicted octanol–water partition coefficient (Wildman–Crippen LogP) is 13.5. The second-order valence-electron chi connectivity index (χ2n) is 12.2. The first-order chi connectivity index (χ1) is 23.8. The largest absolute Gasteiger partial charge is 0.310 e. The van der Waals surface area contributed by atoms with Crippen LogP contribution in [0, 0.1) is 0 Å². The molecule has 0 N–H and O–H groups in total. The van der Waals surface area contributed by atoms with Crippen LogP contribution in [0.25, 0.3) is 68.2 Å². The van der Waals surface area contributed by atoms with Gasteiger partial charge in [-0.15, -0.1) is 22.7 Å². The fourth-order valence-electron chi connectivity index (χ4n) is 7.17. The van der Waals surface area contributed by atoms with Gasteiger partial charge in [0.25, 0.3) is 0 Å². The van der Waals surface area contributed by atoms with Gasteiger partial charge in [0, 0.05) is 53.7 Å². The highest BCUT2D eigenvalue weighted by atomic mass is 32.1. The van der Waals surface area contributed by atoms with E-state index in [1.54, 1.807) is 0 Å². The van der Waals surface area contributed by atoms with Gasteiger partial charge in [0.15, 0.2) is 0 Å². The quantitative estimate of drug-likeness (QED) is 0.180. The number of thiophene rings is 2. The minimum absolute atomic E-state index is 1.13. The summed E-state index contributed by atoms with van der Waals surface area (Å²) in [6.07, 6.45) is 0. The van der Waals surface area contributed by atoms with Gasteiger partial charge in [-0.25, -0.2) is 0 Å². The zero-order valence-electron chi connectivity index (χ0n) is 25.9. The molecule has 0 saturated carbocycles. The minimum atomic E-state index is 1.13. The van der Waals surface area contributed by atoms with E-state index < -0.39 is 0 Å². The zero-order valence-corrected chi connectivity index (χ0v) is 27.5. The number of benzene rings is 7. The van der Waals surface area contributed by atoms with Crippen LogP contribution < -0.4 is 4.90 Å². The van der Waals surface area contributed by atoms with Crippen molar-refractivity contribution in [3.63, 3.8) is 0 Å². The molecule has 226 valence electrons. The summed E-state index contributed by atoms with van der Waals surface area (Å²) >= 11 is 3.81. The molecule has 4 heteroatoms. The molecule has 3 aromatic heterocycles. The van der Waals surface area contributed by atoms with E-state index in [9.17, 15) is 0 Å². The van der Waals surface area contributed by atoms with E-state index >= 15 is 0 Å². The molecule has 0 fully saturated rings. The van der Waals surface area contributed by atoms with E-state index in [1.165, 1.54) is 68.2 Å². The van der Waals surface area contributed by atoms with Crippen LogP contribution in [0.4, 0.5) is 17.1 Å². The Morgan fingerprint density at radius 3 is 1.75 bits per heavy atom. The molecule has 3 heterocycles. The molecule has 0 aliphatic carbocycles. The van der Waals surface area contributed by atoms with Crippen LogP contribution in [0.1, 0.15) is 0 Å². The Hall–Kier alpha value is -5.68. The molecular formula is C44H28N2S2. The Morgan fingerprint density at radius 2 is 0.938 bits per heavy atom. The lowest BCUT2D eigenvalue weighted by Crippen LogP contribution is -2.09. The number of nitrogens with zero attached hydrogens (tertiary/aromatic N) is 2. The van der Waals surface area contributed by atoms with Gasteiger partial charge in [-0.3, -0.25) is 0 Å². The molecule has 0 atom stereocenters. The van der Waals surface area contributed by atoms with Crippen molar-refractivity contribution in [1.82, 2.24) is 4.57 Å². The van der Waals surface area contributed by atoms with Crippen molar-refractivity contribution >= 4 is 91.1 Å². The first kappa shape index (κ1) is 27.4. The summed E-state index contributed by atoms with van der Waals surface area (Å²) in [7, 11) is 0. The van der Waals surface area contributed by atoms with Crippen LogP contribution in [0.5, 0.6) is 0 Å². The minimum Gasteiger partial charge on any atom is -0.310 e. The summed E-state index contributed by atoms with van der Waals surface area (Å²) in [6, 6.07) is 61.7. The van der Waals surface area contributed by atoms with Gasteiger partial charge in [0.1, 0.15) is 0 Å². The Labute approximate surface area is 286 Å². The number of para-hydroxylation sites is 2. The van der Waals surface area contributed by atoms with Crippen molar-refractivity contribution in [3.05, 3.63) is 170 Å². The second kappa shape index (κ2) is 11.0. The van der Waals surface area contributed by atoms with E-state index in [0.29, 0.717) is 0 Å². The molecule has 48 heavy (non-hydrogen) atoms. The van der Waals surface area contributed by atoms with Gasteiger partial charge in [0.05, 0.1) is 20.4 Å². The lowest BCUT2D eigenvalue weighted by Gasteiger charge is -2.26. The van der Waals surface area contributed by atoms with Gasteiger partial charge in [-0.05, 0) is 77.9 Å². The molecule has 0 spiro atoms. The average molecular weight is 649 g/mol. The van der Waals surface area contributed by atoms with Gasteiger partial charge in [0.2, 0.25) is 0 Å². The fraction of sp³-hybridized carbons (Fsp3) is 0. The maximum Gasteiger partial charge on any atom is 0.0542 e. The van der Waals surface area contributed by atoms with Crippen molar-refractivity contribution in [1.29, 1.82) is 0 Å². The number of hydrogen-bond donors (Lipinski definition) is 0. The molecule has 0 aliphatic heterocycles. The van der Waals surface area contributed by atoms with Crippen LogP contribution in [0.2, 0.25) is 0 Å². The summed E-state index contributed by atoms with van der Waals surface area (Å²) < 4.78 is 7.82. The molecule has 0 unspecified atom stereocenters. The lowest BCUT2D eigenvalue weighted by molar-refractivity contribution is 1.18. The smallest absolute Gasteiger partial charge is 0.0542 e.